The number of carboxylic acid groups (broad SMARTS) is 1. The fraction of sp³-hybridized carbons (Fsp3) is 0.176. The van der Waals surface area contributed by atoms with Crippen LogP contribution in [-0.2, 0) is 17.6 Å². The molecule has 0 aliphatic rings. The van der Waals surface area contributed by atoms with Crippen LogP contribution >= 0.6 is 0 Å². The second-order valence-corrected chi connectivity index (χ2v) is 4.89. The van der Waals surface area contributed by atoms with Crippen LogP contribution in [0.2, 0.25) is 0 Å². The van der Waals surface area contributed by atoms with E-state index in [1.54, 1.807) is 0 Å². The zero-order chi connectivity index (χ0) is 15.9. The van der Waals surface area contributed by atoms with E-state index in [0.717, 1.165) is 5.56 Å². The summed E-state index contributed by atoms with van der Waals surface area (Å²) in [4.78, 5) is 15.3. The number of phenolic OH excluding ortho intramolecular Hbond substituents is 2. The van der Waals surface area contributed by atoms with Gasteiger partial charge in [0.2, 0.25) is 0 Å². The van der Waals surface area contributed by atoms with Crippen molar-refractivity contribution in [1.29, 1.82) is 0 Å². The third-order valence-corrected chi connectivity index (χ3v) is 3.22. The summed E-state index contributed by atoms with van der Waals surface area (Å²) >= 11 is 0. The van der Waals surface area contributed by atoms with Gasteiger partial charge in [-0.05, 0) is 23.8 Å². The van der Waals surface area contributed by atoms with E-state index in [0.29, 0.717) is 12.0 Å². The lowest BCUT2D eigenvalue weighted by Gasteiger charge is -2.07. The van der Waals surface area contributed by atoms with E-state index in [1.807, 2.05) is 30.3 Å². The molecule has 2 rings (SSSR count). The molecule has 0 aromatic heterocycles. The number of rotatable bonds is 6. The largest absolute Gasteiger partial charge is 0.508 e. The van der Waals surface area contributed by atoms with Crippen molar-refractivity contribution in [1.82, 2.24) is 0 Å². The number of aliphatic imine (C=N–C) groups is 1. The molecule has 0 saturated heterocycles. The van der Waals surface area contributed by atoms with Gasteiger partial charge < -0.3 is 15.3 Å². The molecule has 5 nitrogen and oxygen atoms in total. The fourth-order valence-corrected chi connectivity index (χ4v) is 2.05. The molecule has 0 heterocycles. The molecule has 2 aromatic rings. The predicted octanol–water partition coefficient (Wildman–Crippen LogP) is 2.41. The van der Waals surface area contributed by atoms with E-state index in [4.69, 9.17) is 0 Å². The molecule has 114 valence electrons. The van der Waals surface area contributed by atoms with Gasteiger partial charge in [-0.15, -0.1) is 0 Å². The Hall–Kier alpha value is -2.82. The Morgan fingerprint density at radius 1 is 1.14 bits per heavy atom. The average molecular weight is 299 g/mol. The molecule has 1 atom stereocenters. The van der Waals surface area contributed by atoms with E-state index in [1.165, 1.54) is 24.4 Å². The topological polar surface area (TPSA) is 90.1 Å². The molecule has 2 aromatic carbocycles. The molecule has 0 radical (unpaired) electrons. The Morgan fingerprint density at radius 2 is 1.86 bits per heavy atom. The fourth-order valence-electron chi connectivity index (χ4n) is 2.05. The first-order valence-electron chi connectivity index (χ1n) is 6.85. The molecule has 22 heavy (non-hydrogen) atoms. The Kier molecular flexibility index (Phi) is 5.14. The highest BCUT2D eigenvalue weighted by Gasteiger charge is 2.15. The summed E-state index contributed by atoms with van der Waals surface area (Å²) in [5, 5.41) is 28.3. The highest BCUT2D eigenvalue weighted by atomic mass is 16.4. The van der Waals surface area contributed by atoms with Crippen LogP contribution in [0.4, 0.5) is 0 Å². The van der Waals surface area contributed by atoms with Gasteiger partial charge in [0.1, 0.15) is 11.5 Å². The number of carboxylic acids is 1. The SMILES string of the molecule is O=C(O)[C@H](Cc1ccccc1)N=CCc1cc(O)ccc1O. The van der Waals surface area contributed by atoms with Gasteiger partial charge in [-0.25, -0.2) is 4.79 Å². The monoisotopic (exact) mass is 299 g/mol. The third-order valence-electron chi connectivity index (χ3n) is 3.22. The van der Waals surface area contributed by atoms with Gasteiger partial charge in [0.25, 0.3) is 0 Å². The highest BCUT2D eigenvalue weighted by molar-refractivity contribution is 5.77. The molecule has 0 saturated carbocycles. The number of hydrogen-bond donors (Lipinski definition) is 3. The number of aromatic hydroxyl groups is 2. The number of carbonyl (C=O) groups is 1. The summed E-state index contributed by atoms with van der Waals surface area (Å²) in [6.07, 6.45) is 2.01. The summed E-state index contributed by atoms with van der Waals surface area (Å²) in [5.74, 6) is -0.917. The van der Waals surface area contributed by atoms with Crippen molar-refractivity contribution in [2.24, 2.45) is 4.99 Å². The minimum Gasteiger partial charge on any atom is -0.508 e. The van der Waals surface area contributed by atoms with Crippen molar-refractivity contribution in [2.75, 3.05) is 0 Å². The normalized spacial score (nSPS) is 12.4. The van der Waals surface area contributed by atoms with E-state index >= 15 is 0 Å². The van der Waals surface area contributed by atoms with Crippen LogP contribution in [-0.4, -0.2) is 33.5 Å². The smallest absolute Gasteiger partial charge is 0.328 e. The van der Waals surface area contributed by atoms with Crippen LogP contribution in [0.3, 0.4) is 0 Å². The zero-order valence-corrected chi connectivity index (χ0v) is 11.9. The van der Waals surface area contributed by atoms with E-state index in [9.17, 15) is 20.1 Å². The molecule has 0 spiro atoms. The average Bonchev–Trinajstić information content (AvgIpc) is 2.50. The molecular weight excluding hydrogens is 282 g/mol. The molecule has 5 heteroatoms. The summed E-state index contributed by atoms with van der Waals surface area (Å²) in [7, 11) is 0. The van der Waals surface area contributed by atoms with E-state index in [2.05, 4.69) is 4.99 Å². The first kappa shape index (κ1) is 15.6. The van der Waals surface area contributed by atoms with Crippen LogP contribution in [0.15, 0.2) is 53.5 Å². The van der Waals surface area contributed by atoms with Gasteiger partial charge >= 0.3 is 5.97 Å². The first-order chi connectivity index (χ1) is 10.6. The Morgan fingerprint density at radius 3 is 2.55 bits per heavy atom. The zero-order valence-electron chi connectivity index (χ0n) is 11.9. The third kappa shape index (κ3) is 4.34. The van der Waals surface area contributed by atoms with Crippen LogP contribution in [0.25, 0.3) is 0 Å². The maximum Gasteiger partial charge on any atom is 0.328 e. The number of benzene rings is 2. The summed E-state index contributed by atoms with van der Waals surface area (Å²) < 4.78 is 0. The lowest BCUT2D eigenvalue weighted by atomic mass is 10.1. The number of phenols is 2. The molecule has 0 bridgehead atoms. The predicted molar refractivity (Wildman–Crippen MR) is 83.5 cm³/mol. The minimum atomic E-state index is -1.000. The van der Waals surface area contributed by atoms with Crippen molar-refractivity contribution in [3.8, 4) is 11.5 Å². The maximum absolute atomic E-state index is 11.3. The van der Waals surface area contributed by atoms with Crippen molar-refractivity contribution in [3.63, 3.8) is 0 Å². The Bertz CT molecular complexity index is 668. The molecule has 3 N–H and O–H groups in total. The van der Waals surface area contributed by atoms with Crippen LogP contribution in [0, 0.1) is 0 Å². The van der Waals surface area contributed by atoms with Crippen LogP contribution in [0.5, 0.6) is 11.5 Å². The molecule has 0 aliphatic carbocycles. The molecule has 0 amide bonds. The van der Waals surface area contributed by atoms with Gasteiger partial charge in [-0.2, -0.15) is 0 Å². The van der Waals surface area contributed by atoms with Crippen LogP contribution < -0.4 is 0 Å². The van der Waals surface area contributed by atoms with E-state index < -0.39 is 12.0 Å². The second kappa shape index (κ2) is 7.26. The second-order valence-electron chi connectivity index (χ2n) is 4.89. The van der Waals surface area contributed by atoms with Crippen molar-refractivity contribution in [3.05, 3.63) is 59.7 Å². The highest BCUT2D eigenvalue weighted by Crippen LogP contribution is 2.21. The molecular formula is C17H17NO4. The number of hydrogen-bond acceptors (Lipinski definition) is 4. The lowest BCUT2D eigenvalue weighted by molar-refractivity contribution is -0.138. The van der Waals surface area contributed by atoms with Gasteiger partial charge in [0.05, 0.1) is 0 Å². The van der Waals surface area contributed by atoms with Gasteiger partial charge in [0.15, 0.2) is 6.04 Å². The van der Waals surface area contributed by atoms with Crippen molar-refractivity contribution >= 4 is 12.2 Å². The number of nitrogens with zero attached hydrogens (tertiary/aromatic N) is 1. The number of aliphatic carboxylic acids is 1. The van der Waals surface area contributed by atoms with Crippen molar-refractivity contribution < 1.29 is 20.1 Å². The lowest BCUT2D eigenvalue weighted by Crippen LogP contribution is -2.21. The Balaban J connectivity index is 2.04. The quantitative estimate of drug-likeness (QED) is 0.564. The standard InChI is InChI=1S/C17H17NO4/c19-14-6-7-16(20)13(11-14)8-9-18-15(17(21)22)10-12-4-2-1-3-5-12/h1-7,9,11,15,19-20H,8,10H2,(H,21,22)/t15-/m0/s1. The first-order valence-corrected chi connectivity index (χ1v) is 6.85. The molecule has 0 fully saturated rings. The molecule has 0 unspecified atom stereocenters. The Labute approximate surface area is 128 Å². The van der Waals surface area contributed by atoms with Gasteiger partial charge in [0, 0.05) is 24.6 Å². The summed E-state index contributed by atoms with van der Waals surface area (Å²) in [5.41, 5.74) is 1.39. The summed E-state index contributed by atoms with van der Waals surface area (Å²) in [6, 6.07) is 12.6. The van der Waals surface area contributed by atoms with E-state index in [-0.39, 0.29) is 17.9 Å². The van der Waals surface area contributed by atoms with Gasteiger partial charge in [-0.1, -0.05) is 30.3 Å². The molecule has 0 aliphatic heterocycles. The summed E-state index contributed by atoms with van der Waals surface area (Å²) in [6.45, 7) is 0. The van der Waals surface area contributed by atoms with Gasteiger partial charge in [-0.3, -0.25) is 4.99 Å². The minimum absolute atomic E-state index is 0.0409. The van der Waals surface area contributed by atoms with Crippen LogP contribution in [0.1, 0.15) is 11.1 Å². The van der Waals surface area contributed by atoms with Crippen molar-refractivity contribution in [2.45, 2.75) is 18.9 Å². The maximum atomic E-state index is 11.3.